The van der Waals surface area contributed by atoms with E-state index in [1.807, 2.05) is 0 Å². The average molecular weight is 464 g/mol. The number of likely N-dealkylation sites (N-methyl/N-ethyl adjacent to an activating group) is 1. The van der Waals surface area contributed by atoms with E-state index in [0.717, 1.165) is 26.1 Å². The maximum absolute atomic E-state index is 12.9. The van der Waals surface area contributed by atoms with Gasteiger partial charge in [0, 0.05) is 38.6 Å². The number of nitrogens with zero attached hydrogens (tertiary/aromatic N) is 1. The van der Waals surface area contributed by atoms with Crippen LogP contribution in [0.5, 0.6) is 0 Å². The summed E-state index contributed by atoms with van der Waals surface area (Å²) in [5, 5.41) is 9.15. The molecule has 1 fully saturated rings. The van der Waals surface area contributed by atoms with Crippen LogP contribution >= 0.6 is 0 Å². The molecule has 178 valence electrons. The summed E-state index contributed by atoms with van der Waals surface area (Å²) in [5.74, 6) is 0.309. The molecular formula is C31H33N3O. The van der Waals surface area contributed by atoms with Crippen molar-refractivity contribution in [3.8, 4) is 0 Å². The van der Waals surface area contributed by atoms with Gasteiger partial charge in [-0.2, -0.15) is 0 Å². The lowest BCUT2D eigenvalue weighted by Gasteiger charge is -2.28. The molecule has 0 saturated carbocycles. The standard InChI is InChI=1S/C31H33N3O/c1-32-31(35)30-19-28(33-20-23-16-17-24-10-8-9-15-27(24)18-23)21-34(30)22-29(25-11-4-2-5-12-25)26-13-6-3-7-14-26/h2-18,28-30,33H,19-22H2,1H3,(H,32,35)/t28-,30-/m0/s1. The second-order valence-corrected chi connectivity index (χ2v) is 9.45. The van der Waals surface area contributed by atoms with E-state index < -0.39 is 0 Å². The van der Waals surface area contributed by atoms with E-state index in [9.17, 15) is 4.79 Å². The first-order valence-corrected chi connectivity index (χ1v) is 12.5. The Hall–Kier alpha value is -3.47. The highest BCUT2D eigenvalue weighted by Crippen LogP contribution is 2.29. The van der Waals surface area contributed by atoms with Gasteiger partial charge < -0.3 is 10.6 Å². The molecule has 0 unspecified atom stereocenters. The zero-order chi connectivity index (χ0) is 24.0. The maximum Gasteiger partial charge on any atom is 0.237 e. The summed E-state index contributed by atoms with van der Waals surface area (Å²) in [7, 11) is 1.74. The fourth-order valence-electron chi connectivity index (χ4n) is 5.31. The molecule has 0 radical (unpaired) electrons. The Morgan fingerprint density at radius 2 is 1.49 bits per heavy atom. The highest BCUT2D eigenvalue weighted by Gasteiger charge is 2.37. The van der Waals surface area contributed by atoms with Crippen molar-refractivity contribution in [1.82, 2.24) is 15.5 Å². The van der Waals surface area contributed by atoms with Gasteiger partial charge in [-0.1, -0.05) is 97.1 Å². The second-order valence-electron chi connectivity index (χ2n) is 9.45. The molecule has 1 amide bonds. The molecule has 4 heteroatoms. The Morgan fingerprint density at radius 3 is 2.14 bits per heavy atom. The number of fused-ring (bicyclic) bond motifs is 1. The van der Waals surface area contributed by atoms with Gasteiger partial charge >= 0.3 is 0 Å². The summed E-state index contributed by atoms with van der Waals surface area (Å²) < 4.78 is 0. The molecular weight excluding hydrogens is 430 g/mol. The summed E-state index contributed by atoms with van der Waals surface area (Å²) in [6, 6.07) is 36.5. The minimum atomic E-state index is -0.135. The predicted octanol–water partition coefficient (Wildman–Crippen LogP) is 4.95. The quantitative estimate of drug-likeness (QED) is 0.389. The number of carbonyl (C=O) groups is 1. The summed E-state index contributed by atoms with van der Waals surface area (Å²) in [5.41, 5.74) is 3.83. The van der Waals surface area contributed by atoms with Crippen LogP contribution in [0.15, 0.2) is 103 Å². The van der Waals surface area contributed by atoms with E-state index in [1.165, 1.54) is 27.5 Å². The number of amides is 1. The Labute approximate surface area is 208 Å². The smallest absolute Gasteiger partial charge is 0.237 e. The van der Waals surface area contributed by atoms with Crippen molar-refractivity contribution in [3.63, 3.8) is 0 Å². The third-order valence-corrected chi connectivity index (χ3v) is 7.18. The zero-order valence-corrected chi connectivity index (χ0v) is 20.2. The molecule has 0 bridgehead atoms. The first-order chi connectivity index (χ1) is 17.2. The molecule has 35 heavy (non-hydrogen) atoms. The lowest BCUT2D eigenvalue weighted by Crippen LogP contribution is -2.43. The van der Waals surface area contributed by atoms with Gasteiger partial charge in [-0.15, -0.1) is 0 Å². The number of likely N-dealkylation sites (tertiary alicyclic amines) is 1. The minimum Gasteiger partial charge on any atom is -0.358 e. The molecule has 2 atom stereocenters. The molecule has 1 aliphatic heterocycles. The Balaban J connectivity index is 1.32. The van der Waals surface area contributed by atoms with Crippen molar-refractivity contribution >= 4 is 16.7 Å². The fourth-order valence-corrected chi connectivity index (χ4v) is 5.31. The third kappa shape index (κ3) is 5.45. The van der Waals surface area contributed by atoms with Crippen LogP contribution in [0.25, 0.3) is 10.8 Å². The highest BCUT2D eigenvalue weighted by atomic mass is 16.2. The molecule has 1 heterocycles. The van der Waals surface area contributed by atoms with Crippen LogP contribution in [0.4, 0.5) is 0 Å². The number of carbonyl (C=O) groups excluding carboxylic acids is 1. The van der Waals surface area contributed by atoms with Gasteiger partial charge in [-0.05, 0) is 39.9 Å². The average Bonchev–Trinajstić information content (AvgIpc) is 3.33. The van der Waals surface area contributed by atoms with Crippen molar-refractivity contribution in [2.24, 2.45) is 0 Å². The predicted molar refractivity (Wildman–Crippen MR) is 143 cm³/mol. The molecule has 0 spiro atoms. The molecule has 4 aromatic carbocycles. The molecule has 0 aromatic heterocycles. The minimum absolute atomic E-state index is 0.0971. The lowest BCUT2D eigenvalue weighted by molar-refractivity contribution is -0.125. The second kappa shape index (κ2) is 10.9. The Morgan fingerprint density at radius 1 is 0.857 bits per heavy atom. The van der Waals surface area contributed by atoms with Crippen molar-refractivity contribution < 1.29 is 4.79 Å². The fraction of sp³-hybridized carbons (Fsp3) is 0.258. The van der Waals surface area contributed by atoms with Crippen LogP contribution < -0.4 is 10.6 Å². The number of hydrogen-bond acceptors (Lipinski definition) is 3. The normalized spacial score (nSPS) is 18.2. The van der Waals surface area contributed by atoms with Crippen LogP contribution in [-0.4, -0.2) is 43.0 Å². The van der Waals surface area contributed by atoms with Gasteiger partial charge in [0.25, 0.3) is 0 Å². The number of hydrogen-bond donors (Lipinski definition) is 2. The van der Waals surface area contributed by atoms with E-state index >= 15 is 0 Å². The monoisotopic (exact) mass is 463 g/mol. The maximum atomic E-state index is 12.9. The molecule has 2 N–H and O–H groups in total. The first-order valence-electron chi connectivity index (χ1n) is 12.5. The molecule has 0 aliphatic carbocycles. The van der Waals surface area contributed by atoms with E-state index in [1.54, 1.807) is 7.05 Å². The van der Waals surface area contributed by atoms with Gasteiger partial charge in [-0.25, -0.2) is 0 Å². The van der Waals surface area contributed by atoms with Crippen LogP contribution in [0.1, 0.15) is 29.0 Å². The van der Waals surface area contributed by atoms with E-state index in [-0.39, 0.29) is 23.9 Å². The summed E-state index contributed by atoms with van der Waals surface area (Å²) >= 11 is 0. The number of rotatable bonds is 8. The van der Waals surface area contributed by atoms with Crippen molar-refractivity contribution in [2.45, 2.75) is 31.0 Å². The van der Waals surface area contributed by atoms with Gasteiger partial charge in [-0.3, -0.25) is 9.69 Å². The molecule has 4 aromatic rings. The summed E-state index contributed by atoms with van der Waals surface area (Å²) in [6.45, 7) is 2.45. The van der Waals surface area contributed by atoms with Crippen molar-refractivity contribution in [2.75, 3.05) is 20.1 Å². The number of nitrogens with one attached hydrogen (secondary N) is 2. The molecule has 4 nitrogen and oxygen atoms in total. The lowest BCUT2D eigenvalue weighted by atomic mass is 9.90. The van der Waals surface area contributed by atoms with Gasteiger partial charge in [0.05, 0.1) is 6.04 Å². The summed E-state index contributed by atoms with van der Waals surface area (Å²) in [4.78, 5) is 15.2. The molecule has 5 rings (SSSR count). The van der Waals surface area contributed by atoms with E-state index in [4.69, 9.17) is 0 Å². The van der Waals surface area contributed by atoms with Crippen LogP contribution in [0, 0.1) is 0 Å². The van der Waals surface area contributed by atoms with Crippen molar-refractivity contribution in [1.29, 1.82) is 0 Å². The van der Waals surface area contributed by atoms with Crippen LogP contribution in [-0.2, 0) is 11.3 Å². The molecule has 1 saturated heterocycles. The van der Waals surface area contributed by atoms with Gasteiger partial charge in [0.2, 0.25) is 5.91 Å². The first kappa shape index (κ1) is 23.3. The van der Waals surface area contributed by atoms with Crippen LogP contribution in [0.2, 0.25) is 0 Å². The van der Waals surface area contributed by atoms with Crippen LogP contribution in [0.3, 0.4) is 0 Å². The largest absolute Gasteiger partial charge is 0.358 e. The van der Waals surface area contributed by atoms with Gasteiger partial charge in [0.1, 0.15) is 0 Å². The number of benzene rings is 4. The Kier molecular flexibility index (Phi) is 7.22. The van der Waals surface area contributed by atoms with E-state index in [0.29, 0.717) is 0 Å². The summed E-state index contributed by atoms with van der Waals surface area (Å²) in [6.07, 6.45) is 0.809. The third-order valence-electron chi connectivity index (χ3n) is 7.18. The molecule has 1 aliphatic rings. The van der Waals surface area contributed by atoms with Crippen molar-refractivity contribution in [3.05, 3.63) is 120 Å². The Bertz CT molecular complexity index is 1220. The topological polar surface area (TPSA) is 44.4 Å². The van der Waals surface area contributed by atoms with E-state index in [2.05, 4.69) is 119 Å². The zero-order valence-electron chi connectivity index (χ0n) is 20.2. The van der Waals surface area contributed by atoms with Gasteiger partial charge in [0.15, 0.2) is 0 Å². The SMILES string of the molecule is CNC(=O)[C@@H]1C[C@H](NCc2ccc3ccccc3c2)CN1CC(c1ccccc1)c1ccccc1. The highest BCUT2D eigenvalue weighted by molar-refractivity contribution is 5.83.